The molecule has 0 unspecified atom stereocenters. The van der Waals surface area contributed by atoms with Crippen LogP contribution in [0, 0.1) is 0 Å². The summed E-state index contributed by atoms with van der Waals surface area (Å²) in [5.74, 6) is 4.12. The molecule has 0 atom stereocenters. The number of hydrazone groups is 1. The van der Waals surface area contributed by atoms with Gasteiger partial charge in [0.15, 0.2) is 0 Å². The lowest BCUT2D eigenvalue weighted by Gasteiger charge is -1.98. The Kier molecular flexibility index (Phi) is 5.54. The van der Waals surface area contributed by atoms with E-state index in [-0.39, 0.29) is 24.7 Å². The first-order valence-corrected chi connectivity index (χ1v) is 3.46. The first kappa shape index (κ1) is 10.6. The fourth-order valence-corrected chi connectivity index (χ4v) is 0.492. The van der Waals surface area contributed by atoms with Crippen LogP contribution in [-0.2, 0) is 9.59 Å². The predicted octanol–water partition coefficient (Wildman–Crippen LogP) is -1.12. The quantitative estimate of drug-likeness (QED) is 0.217. The highest BCUT2D eigenvalue weighted by Gasteiger charge is 2.03. The van der Waals surface area contributed by atoms with Gasteiger partial charge < -0.3 is 0 Å². The van der Waals surface area contributed by atoms with E-state index in [1.807, 2.05) is 5.43 Å². The van der Waals surface area contributed by atoms with E-state index in [2.05, 4.69) is 10.5 Å². The van der Waals surface area contributed by atoms with Crippen LogP contribution in [0.1, 0.15) is 19.8 Å². The number of nitrogens with two attached hydrogens (primary N) is 1. The van der Waals surface area contributed by atoms with E-state index in [4.69, 9.17) is 5.84 Å². The second-order valence-corrected chi connectivity index (χ2v) is 1.99. The molecule has 0 rings (SSSR count). The summed E-state index contributed by atoms with van der Waals surface area (Å²) in [6.45, 7) is 1.67. The summed E-state index contributed by atoms with van der Waals surface area (Å²) in [6, 6.07) is 0. The van der Waals surface area contributed by atoms with Crippen molar-refractivity contribution in [1.29, 1.82) is 0 Å². The molecular formula is C6H12N4O2. The third kappa shape index (κ3) is 5.36. The lowest BCUT2D eigenvalue weighted by molar-refractivity contribution is -0.126. The minimum absolute atomic E-state index is 0.0710. The smallest absolute Gasteiger partial charge is 0.240 e. The summed E-state index contributed by atoms with van der Waals surface area (Å²) < 4.78 is 0. The van der Waals surface area contributed by atoms with Gasteiger partial charge in [0.25, 0.3) is 0 Å². The zero-order chi connectivity index (χ0) is 9.40. The van der Waals surface area contributed by atoms with Gasteiger partial charge in [-0.25, -0.2) is 11.3 Å². The van der Waals surface area contributed by atoms with Crippen molar-refractivity contribution in [2.24, 2.45) is 10.9 Å². The zero-order valence-corrected chi connectivity index (χ0v) is 6.83. The number of nitrogens with one attached hydrogen (secondary N) is 2. The van der Waals surface area contributed by atoms with Crippen molar-refractivity contribution in [3.05, 3.63) is 0 Å². The lowest BCUT2D eigenvalue weighted by atomic mass is 10.3. The monoisotopic (exact) mass is 172 g/mol. The van der Waals surface area contributed by atoms with E-state index in [9.17, 15) is 9.59 Å². The van der Waals surface area contributed by atoms with Crippen LogP contribution in [0.3, 0.4) is 0 Å². The molecule has 0 aliphatic rings. The number of carbonyl (C=O) groups excluding carboxylic acids is 2. The third-order valence-corrected chi connectivity index (χ3v) is 1.06. The summed E-state index contributed by atoms with van der Waals surface area (Å²) in [4.78, 5) is 21.3. The summed E-state index contributed by atoms with van der Waals surface area (Å²) in [6.07, 6.45) is 1.60. The molecule has 2 amide bonds. The lowest BCUT2D eigenvalue weighted by Crippen LogP contribution is -2.31. The molecule has 0 aliphatic heterocycles. The van der Waals surface area contributed by atoms with Crippen LogP contribution in [-0.4, -0.2) is 18.0 Å². The Labute approximate surface area is 70.2 Å². The van der Waals surface area contributed by atoms with Gasteiger partial charge in [-0.05, 0) is 6.92 Å². The van der Waals surface area contributed by atoms with Gasteiger partial charge >= 0.3 is 0 Å². The Morgan fingerprint density at radius 3 is 2.50 bits per heavy atom. The highest BCUT2D eigenvalue weighted by Crippen LogP contribution is 1.87. The van der Waals surface area contributed by atoms with E-state index >= 15 is 0 Å². The van der Waals surface area contributed by atoms with Crippen molar-refractivity contribution in [3.63, 3.8) is 0 Å². The number of nitrogens with zero attached hydrogens (tertiary/aromatic N) is 1. The Morgan fingerprint density at radius 1 is 1.42 bits per heavy atom. The van der Waals surface area contributed by atoms with Gasteiger partial charge in [-0.2, -0.15) is 5.10 Å². The molecule has 6 heteroatoms. The molecule has 0 radical (unpaired) electrons. The van der Waals surface area contributed by atoms with Crippen LogP contribution in [0.4, 0.5) is 0 Å². The van der Waals surface area contributed by atoms with Gasteiger partial charge in [-0.3, -0.25) is 15.0 Å². The molecule has 0 saturated carbocycles. The largest absolute Gasteiger partial charge is 0.294 e. The molecule has 4 N–H and O–H groups in total. The number of rotatable bonds is 4. The highest BCUT2D eigenvalue weighted by atomic mass is 16.2. The average molecular weight is 172 g/mol. The fourth-order valence-electron chi connectivity index (χ4n) is 0.492. The second kappa shape index (κ2) is 6.29. The maximum absolute atomic E-state index is 10.8. The van der Waals surface area contributed by atoms with Crippen molar-refractivity contribution in [1.82, 2.24) is 10.9 Å². The molecule has 0 saturated heterocycles. The molecule has 0 heterocycles. The molecule has 12 heavy (non-hydrogen) atoms. The van der Waals surface area contributed by atoms with E-state index in [1.54, 1.807) is 6.92 Å². The summed E-state index contributed by atoms with van der Waals surface area (Å²) >= 11 is 0. The predicted molar refractivity (Wildman–Crippen MR) is 43.9 cm³/mol. The number of carbonyl (C=O) groups is 2. The maximum Gasteiger partial charge on any atom is 0.240 e. The van der Waals surface area contributed by atoms with Crippen molar-refractivity contribution in [3.8, 4) is 0 Å². The van der Waals surface area contributed by atoms with Crippen LogP contribution < -0.4 is 16.7 Å². The second-order valence-electron chi connectivity index (χ2n) is 1.99. The van der Waals surface area contributed by atoms with Crippen molar-refractivity contribution < 1.29 is 9.59 Å². The number of amides is 2. The molecular weight excluding hydrogens is 160 g/mol. The van der Waals surface area contributed by atoms with E-state index in [0.717, 1.165) is 0 Å². The topological polar surface area (TPSA) is 96.6 Å². The third-order valence-electron chi connectivity index (χ3n) is 1.06. The molecule has 0 aromatic heterocycles. The first-order chi connectivity index (χ1) is 5.70. The van der Waals surface area contributed by atoms with Crippen LogP contribution >= 0.6 is 0 Å². The van der Waals surface area contributed by atoms with Gasteiger partial charge in [-0.1, -0.05) is 0 Å². The molecule has 0 aliphatic carbocycles. The molecule has 6 nitrogen and oxygen atoms in total. The number of hydrogen-bond donors (Lipinski definition) is 3. The van der Waals surface area contributed by atoms with Gasteiger partial charge in [0.1, 0.15) is 0 Å². The van der Waals surface area contributed by atoms with Crippen molar-refractivity contribution >= 4 is 18.0 Å². The Bertz CT molecular complexity index is 190. The van der Waals surface area contributed by atoms with Gasteiger partial charge in [0, 0.05) is 19.1 Å². The normalized spacial score (nSPS) is 9.83. The highest BCUT2D eigenvalue weighted by molar-refractivity contribution is 5.83. The summed E-state index contributed by atoms with van der Waals surface area (Å²) in [7, 11) is 0. The molecule has 0 spiro atoms. The SMILES string of the molecule is C/C=N\NC(=O)CCC(=O)NN. The van der Waals surface area contributed by atoms with Gasteiger partial charge in [0.2, 0.25) is 11.8 Å². The summed E-state index contributed by atoms with van der Waals surface area (Å²) in [5, 5.41) is 3.49. The Morgan fingerprint density at radius 2 is 2.00 bits per heavy atom. The maximum atomic E-state index is 10.8. The van der Waals surface area contributed by atoms with Gasteiger partial charge in [0.05, 0.1) is 0 Å². The molecule has 0 aromatic carbocycles. The summed E-state index contributed by atoms with van der Waals surface area (Å²) in [5.41, 5.74) is 4.14. The van der Waals surface area contributed by atoms with Crippen LogP contribution in [0.5, 0.6) is 0 Å². The van der Waals surface area contributed by atoms with E-state index < -0.39 is 0 Å². The van der Waals surface area contributed by atoms with Gasteiger partial charge in [-0.15, -0.1) is 0 Å². The van der Waals surface area contributed by atoms with Crippen molar-refractivity contribution in [2.45, 2.75) is 19.8 Å². The van der Waals surface area contributed by atoms with E-state index in [1.165, 1.54) is 6.21 Å². The van der Waals surface area contributed by atoms with Crippen LogP contribution in [0.2, 0.25) is 0 Å². The molecule has 0 aromatic rings. The number of hydrazine groups is 1. The first-order valence-electron chi connectivity index (χ1n) is 3.46. The van der Waals surface area contributed by atoms with Crippen LogP contribution in [0.15, 0.2) is 5.10 Å². The fraction of sp³-hybridized carbons (Fsp3) is 0.500. The zero-order valence-electron chi connectivity index (χ0n) is 6.83. The average Bonchev–Trinajstić information content (AvgIpc) is 2.10. The Hall–Kier alpha value is -1.43. The molecule has 0 fully saturated rings. The molecule has 0 bridgehead atoms. The number of hydrogen-bond acceptors (Lipinski definition) is 4. The minimum Gasteiger partial charge on any atom is -0.294 e. The van der Waals surface area contributed by atoms with Crippen LogP contribution in [0.25, 0.3) is 0 Å². The Balaban J connectivity index is 3.50. The molecule has 68 valence electrons. The van der Waals surface area contributed by atoms with Crippen molar-refractivity contribution in [2.75, 3.05) is 0 Å². The standard InChI is InChI=1S/C6H12N4O2/c1-2-8-10-6(12)4-3-5(11)9-7/h2H,3-4,7H2,1H3,(H,9,11)(H,10,12)/b8-2-. The van der Waals surface area contributed by atoms with E-state index in [0.29, 0.717) is 0 Å². The minimum atomic E-state index is -0.370.